The number of anilines is 1. The van der Waals surface area contributed by atoms with E-state index in [1.807, 2.05) is 20.8 Å². The highest BCUT2D eigenvalue weighted by Gasteiger charge is 2.26. The molecule has 2 N–H and O–H groups in total. The van der Waals surface area contributed by atoms with E-state index in [2.05, 4.69) is 21.2 Å². The van der Waals surface area contributed by atoms with E-state index in [1.54, 1.807) is 23.1 Å². The van der Waals surface area contributed by atoms with E-state index in [0.717, 1.165) is 29.5 Å². The third kappa shape index (κ3) is 5.92. The lowest BCUT2D eigenvalue weighted by atomic mass is 9.97. The number of nitrogens with one attached hydrogen (secondary N) is 1. The largest absolute Gasteiger partial charge is 0.478 e. The molecule has 0 unspecified atom stereocenters. The number of carbonyl (C=O) groups excluding carboxylic acids is 1. The average Bonchev–Trinajstić information content (AvgIpc) is 2.52. The zero-order valence-corrected chi connectivity index (χ0v) is 16.4. The molecule has 2 rings (SSSR count). The highest BCUT2D eigenvalue weighted by Crippen LogP contribution is 2.26. The van der Waals surface area contributed by atoms with Gasteiger partial charge < -0.3 is 20.1 Å². The minimum Gasteiger partial charge on any atom is -0.478 e. The summed E-state index contributed by atoms with van der Waals surface area (Å²) in [4.78, 5) is 24.9. The van der Waals surface area contributed by atoms with Gasteiger partial charge in [-0.2, -0.15) is 0 Å². The smallest absolute Gasteiger partial charge is 0.410 e. The van der Waals surface area contributed by atoms with E-state index in [4.69, 9.17) is 9.84 Å². The maximum atomic E-state index is 12.1. The molecule has 1 amide bonds. The predicted molar refractivity (Wildman–Crippen MR) is 100 cm³/mol. The number of piperidine rings is 1. The lowest BCUT2D eigenvalue weighted by Crippen LogP contribution is -2.42. The Morgan fingerprint density at radius 1 is 1.32 bits per heavy atom. The van der Waals surface area contributed by atoms with Crippen molar-refractivity contribution in [2.75, 3.05) is 25.0 Å². The van der Waals surface area contributed by atoms with Gasteiger partial charge in [0, 0.05) is 29.8 Å². The molecule has 1 aromatic carbocycles. The van der Waals surface area contributed by atoms with E-state index in [1.165, 1.54) is 0 Å². The van der Waals surface area contributed by atoms with Crippen LogP contribution in [0.5, 0.6) is 0 Å². The van der Waals surface area contributed by atoms with E-state index in [0.29, 0.717) is 19.0 Å². The van der Waals surface area contributed by atoms with Gasteiger partial charge >= 0.3 is 12.1 Å². The van der Waals surface area contributed by atoms with Crippen LogP contribution in [0.15, 0.2) is 22.7 Å². The summed E-state index contributed by atoms with van der Waals surface area (Å²) in [6, 6.07) is 4.93. The summed E-state index contributed by atoms with van der Waals surface area (Å²) in [6.07, 6.45) is 1.53. The van der Waals surface area contributed by atoms with Gasteiger partial charge in [0.05, 0.1) is 5.56 Å². The third-order valence-electron chi connectivity index (χ3n) is 4.06. The minimum atomic E-state index is -0.943. The van der Waals surface area contributed by atoms with Gasteiger partial charge in [-0.1, -0.05) is 0 Å². The number of ether oxygens (including phenoxy) is 1. The fourth-order valence-electron chi connectivity index (χ4n) is 2.69. The number of carboxylic acids is 1. The first-order valence-corrected chi connectivity index (χ1v) is 9.19. The number of benzene rings is 1. The molecule has 1 heterocycles. The molecule has 0 saturated carbocycles. The van der Waals surface area contributed by atoms with Gasteiger partial charge in [-0.15, -0.1) is 0 Å². The van der Waals surface area contributed by atoms with Gasteiger partial charge in [0.25, 0.3) is 0 Å². The summed E-state index contributed by atoms with van der Waals surface area (Å²) < 4.78 is 6.24. The number of aromatic carboxylic acids is 1. The van der Waals surface area contributed by atoms with Crippen LogP contribution in [0.4, 0.5) is 10.5 Å². The van der Waals surface area contributed by atoms with Crippen LogP contribution >= 0.6 is 15.9 Å². The van der Waals surface area contributed by atoms with E-state index >= 15 is 0 Å². The topological polar surface area (TPSA) is 78.9 Å². The molecule has 0 radical (unpaired) electrons. The third-order valence-corrected chi connectivity index (χ3v) is 4.75. The fourth-order valence-corrected chi connectivity index (χ4v) is 3.08. The van der Waals surface area contributed by atoms with Crippen molar-refractivity contribution >= 4 is 33.7 Å². The van der Waals surface area contributed by atoms with Crippen molar-refractivity contribution in [1.29, 1.82) is 0 Å². The van der Waals surface area contributed by atoms with Crippen LogP contribution in [0.1, 0.15) is 44.0 Å². The number of nitrogens with zero attached hydrogens (tertiary/aromatic N) is 1. The summed E-state index contributed by atoms with van der Waals surface area (Å²) in [5, 5.41) is 12.4. The Balaban J connectivity index is 1.84. The monoisotopic (exact) mass is 412 g/mol. The second kappa shape index (κ2) is 8.08. The highest BCUT2D eigenvalue weighted by atomic mass is 79.9. The van der Waals surface area contributed by atoms with Crippen LogP contribution in [0.2, 0.25) is 0 Å². The van der Waals surface area contributed by atoms with Gasteiger partial charge in [-0.3, -0.25) is 0 Å². The normalized spacial score (nSPS) is 15.8. The van der Waals surface area contributed by atoms with Crippen LogP contribution in [-0.2, 0) is 4.74 Å². The van der Waals surface area contributed by atoms with Gasteiger partial charge in [-0.05, 0) is 73.7 Å². The SMILES string of the molecule is CC(C)(C)OC(=O)N1CCC(CNc2cc(C(=O)O)ccc2Br)CC1. The molecule has 1 aliphatic heterocycles. The number of amides is 1. The number of halogens is 1. The van der Waals surface area contributed by atoms with E-state index in [-0.39, 0.29) is 11.7 Å². The van der Waals surface area contributed by atoms with Gasteiger partial charge in [0.15, 0.2) is 0 Å². The average molecular weight is 413 g/mol. The van der Waals surface area contributed by atoms with Crippen molar-refractivity contribution in [3.8, 4) is 0 Å². The molecule has 25 heavy (non-hydrogen) atoms. The van der Waals surface area contributed by atoms with Crippen molar-refractivity contribution in [3.05, 3.63) is 28.2 Å². The van der Waals surface area contributed by atoms with Crippen molar-refractivity contribution in [2.24, 2.45) is 5.92 Å². The molecule has 1 fully saturated rings. The van der Waals surface area contributed by atoms with Crippen LogP contribution in [0, 0.1) is 5.92 Å². The highest BCUT2D eigenvalue weighted by molar-refractivity contribution is 9.10. The second-order valence-electron chi connectivity index (χ2n) is 7.29. The molecule has 0 aromatic heterocycles. The Morgan fingerprint density at radius 2 is 1.96 bits per heavy atom. The fraction of sp³-hybridized carbons (Fsp3) is 0.556. The Morgan fingerprint density at radius 3 is 2.52 bits per heavy atom. The van der Waals surface area contributed by atoms with Gasteiger partial charge in [-0.25, -0.2) is 9.59 Å². The zero-order chi connectivity index (χ0) is 18.6. The molecule has 138 valence electrons. The molecule has 0 bridgehead atoms. The molecule has 0 spiro atoms. The standard InChI is InChI=1S/C18H25BrN2O4/c1-18(2,3)25-17(24)21-8-6-12(7-9-21)11-20-15-10-13(16(22)23)4-5-14(15)19/h4-5,10,12,20H,6-9,11H2,1-3H3,(H,22,23). The second-order valence-corrected chi connectivity index (χ2v) is 8.15. The molecule has 7 heteroatoms. The Bertz CT molecular complexity index is 634. The van der Waals surface area contributed by atoms with Crippen LogP contribution in [-0.4, -0.2) is 47.3 Å². The molecular formula is C18H25BrN2O4. The number of hydrogen-bond acceptors (Lipinski definition) is 4. The maximum Gasteiger partial charge on any atom is 0.410 e. The number of likely N-dealkylation sites (tertiary alicyclic amines) is 1. The molecule has 0 atom stereocenters. The van der Waals surface area contributed by atoms with E-state index in [9.17, 15) is 9.59 Å². The quantitative estimate of drug-likeness (QED) is 0.774. The molecule has 1 aromatic rings. The number of hydrogen-bond donors (Lipinski definition) is 2. The Kier molecular flexibility index (Phi) is 6.32. The summed E-state index contributed by atoms with van der Waals surface area (Å²) >= 11 is 3.44. The number of carbonyl (C=O) groups is 2. The first kappa shape index (κ1) is 19.6. The van der Waals surface area contributed by atoms with Crippen molar-refractivity contribution in [2.45, 2.75) is 39.2 Å². The maximum absolute atomic E-state index is 12.1. The Labute approximate surface area is 156 Å². The summed E-state index contributed by atoms with van der Waals surface area (Å²) in [5.41, 5.74) is 0.552. The van der Waals surface area contributed by atoms with Gasteiger partial charge in [0.1, 0.15) is 5.60 Å². The molecule has 1 aliphatic rings. The number of rotatable bonds is 4. The molecule has 0 aliphatic carbocycles. The van der Waals surface area contributed by atoms with E-state index < -0.39 is 11.6 Å². The lowest BCUT2D eigenvalue weighted by molar-refractivity contribution is 0.0188. The molecular weight excluding hydrogens is 388 g/mol. The summed E-state index contributed by atoms with van der Waals surface area (Å²) in [5.74, 6) is -0.514. The van der Waals surface area contributed by atoms with Crippen molar-refractivity contribution < 1.29 is 19.4 Å². The zero-order valence-electron chi connectivity index (χ0n) is 14.8. The summed E-state index contributed by atoms with van der Waals surface area (Å²) in [6.45, 7) is 7.69. The minimum absolute atomic E-state index is 0.254. The van der Waals surface area contributed by atoms with Crippen molar-refractivity contribution in [3.63, 3.8) is 0 Å². The Hall–Kier alpha value is -1.76. The van der Waals surface area contributed by atoms with Crippen LogP contribution in [0.25, 0.3) is 0 Å². The van der Waals surface area contributed by atoms with Crippen LogP contribution < -0.4 is 5.32 Å². The van der Waals surface area contributed by atoms with Crippen LogP contribution in [0.3, 0.4) is 0 Å². The number of carboxylic acid groups (broad SMARTS) is 1. The van der Waals surface area contributed by atoms with Gasteiger partial charge in [0.2, 0.25) is 0 Å². The lowest BCUT2D eigenvalue weighted by Gasteiger charge is -2.33. The van der Waals surface area contributed by atoms with Crippen molar-refractivity contribution in [1.82, 2.24) is 4.90 Å². The predicted octanol–water partition coefficient (Wildman–Crippen LogP) is 4.21. The first-order valence-electron chi connectivity index (χ1n) is 8.40. The summed E-state index contributed by atoms with van der Waals surface area (Å²) in [7, 11) is 0. The molecule has 6 nitrogen and oxygen atoms in total. The molecule has 1 saturated heterocycles. The first-order chi connectivity index (χ1) is 11.7.